The fourth-order valence-electron chi connectivity index (χ4n) is 8.69. The van der Waals surface area contributed by atoms with Crippen LogP contribution in [0.5, 0.6) is 0 Å². The molecule has 0 aromatic carbocycles. The van der Waals surface area contributed by atoms with E-state index in [0.29, 0.717) is 23.9 Å². The smallest absolute Gasteiger partial charge is 0.268 e. The predicted octanol–water partition coefficient (Wildman–Crippen LogP) is 15.9. The first-order valence-electron chi connectivity index (χ1n) is 27.9. The number of hydrogen-bond donors (Lipinski definition) is 2. The SMILES string of the molecule is CCCCCCCCCCCCCCCCCCCCCCCCCCCCCCCCCCCCC(=O)NC(COP(=O)([O-])OCC[N+](C)(C)C)C(O)CCCCCCCCC. The fraction of sp³-hybridized carbons (Fsp3) is 0.981. The largest absolute Gasteiger partial charge is 0.756 e. The topological polar surface area (TPSA) is 108 Å². The van der Waals surface area contributed by atoms with E-state index in [9.17, 15) is 19.4 Å². The van der Waals surface area contributed by atoms with Crippen molar-refractivity contribution in [2.45, 2.75) is 302 Å². The maximum absolute atomic E-state index is 12.9. The predicted molar refractivity (Wildman–Crippen MR) is 270 cm³/mol. The molecule has 2 N–H and O–H groups in total. The van der Waals surface area contributed by atoms with Crippen molar-refractivity contribution in [2.75, 3.05) is 40.9 Å². The van der Waals surface area contributed by atoms with Crippen LogP contribution in [0.1, 0.15) is 290 Å². The number of unbranched alkanes of at least 4 members (excludes halogenated alkanes) is 39. The first-order chi connectivity index (χ1) is 30.5. The van der Waals surface area contributed by atoms with Gasteiger partial charge in [-0.05, 0) is 12.8 Å². The lowest BCUT2D eigenvalue weighted by Crippen LogP contribution is -2.46. The highest BCUT2D eigenvalue weighted by Crippen LogP contribution is 2.38. The summed E-state index contributed by atoms with van der Waals surface area (Å²) < 4.78 is 23.2. The number of carbonyl (C=O) groups excluding carboxylic acids is 1. The van der Waals surface area contributed by atoms with Crippen LogP contribution in [0.4, 0.5) is 0 Å². The van der Waals surface area contributed by atoms with Crippen molar-refractivity contribution in [2.24, 2.45) is 0 Å². The van der Waals surface area contributed by atoms with Gasteiger partial charge in [-0.3, -0.25) is 9.36 Å². The number of carbonyl (C=O) groups is 1. The number of amides is 1. The van der Waals surface area contributed by atoms with E-state index in [1.165, 1.54) is 225 Å². The lowest BCUT2D eigenvalue weighted by Gasteiger charge is -2.30. The summed E-state index contributed by atoms with van der Waals surface area (Å²) in [4.78, 5) is 25.3. The van der Waals surface area contributed by atoms with E-state index >= 15 is 0 Å². The molecule has 378 valence electrons. The van der Waals surface area contributed by atoms with Gasteiger partial charge in [0, 0.05) is 6.42 Å². The number of likely N-dealkylation sites (N-methyl/N-ethyl adjacent to an activating group) is 1. The van der Waals surface area contributed by atoms with Crippen molar-refractivity contribution in [1.29, 1.82) is 0 Å². The molecule has 0 fully saturated rings. The summed E-state index contributed by atoms with van der Waals surface area (Å²) >= 11 is 0. The standard InChI is InChI=1S/C54H111N2O6P/c1-6-8-10-12-14-15-16-17-18-19-20-21-22-23-24-25-26-27-28-29-30-31-32-33-34-35-36-37-38-39-40-42-44-46-48-54(58)55-52(53(57)47-45-43-41-13-11-9-7-2)51-62-63(59,60)61-50-49-56(3,4)5/h52-53,57H,6-51H2,1-5H3,(H-,55,58,59,60). The zero-order valence-corrected chi connectivity index (χ0v) is 44.0. The van der Waals surface area contributed by atoms with Crippen LogP contribution in [0.3, 0.4) is 0 Å². The molecule has 8 nitrogen and oxygen atoms in total. The zero-order valence-electron chi connectivity index (χ0n) is 43.1. The van der Waals surface area contributed by atoms with Crippen molar-refractivity contribution >= 4 is 13.7 Å². The third-order valence-electron chi connectivity index (χ3n) is 13.1. The highest BCUT2D eigenvalue weighted by Gasteiger charge is 2.24. The van der Waals surface area contributed by atoms with Gasteiger partial charge in [0.05, 0.1) is 39.9 Å². The Morgan fingerprint density at radius 2 is 0.778 bits per heavy atom. The maximum Gasteiger partial charge on any atom is 0.268 e. The van der Waals surface area contributed by atoms with Gasteiger partial charge in [0.25, 0.3) is 7.82 Å². The number of phosphoric ester groups is 1. The number of nitrogens with one attached hydrogen (secondary N) is 1. The molecule has 3 atom stereocenters. The van der Waals surface area contributed by atoms with Crippen molar-refractivity contribution < 1.29 is 32.9 Å². The van der Waals surface area contributed by atoms with Gasteiger partial charge in [-0.1, -0.05) is 271 Å². The number of rotatable bonds is 52. The Morgan fingerprint density at radius 1 is 0.492 bits per heavy atom. The third kappa shape index (κ3) is 49.2. The van der Waals surface area contributed by atoms with E-state index in [1.807, 2.05) is 21.1 Å². The lowest BCUT2D eigenvalue weighted by atomic mass is 10.0. The first kappa shape index (κ1) is 62.5. The molecule has 0 aliphatic carbocycles. The van der Waals surface area contributed by atoms with Crippen LogP contribution in [0.2, 0.25) is 0 Å². The monoisotopic (exact) mass is 915 g/mol. The zero-order chi connectivity index (χ0) is 46.4. The van der Waals surface area contributed by atoms with Crippen molar-refractivity contribution in [1.82, 2.24) is 5.32 Å². The Kier molecular flexibility index (Phi) is 46.2. The summed E-state index contributed by atoms with van der Waals surface area (Å²) in [5.41, 5.74) is 0. The molecule has 0 bridgehead atoms. The highest BCUT2D eigenvalue weighted by molar-refractivity contribution is 7.45. The summed E-state index contributed by atoms with van der Waals surface area (Å²) in [7, 11) is 1.32. The average Bonchev–Trinajstić information content (AvgIpc) is 3.24. The first-order valence-corrected chi connectivity index (χ1v) is 29.3. The van der Waals surface area contributed by atoms with Crippen molar-refractivity contribution in [3.8, 4) is 0 Å². The van der Waals surface area contributed by atoms with Crippen LogP contribution in [-0.4, -0.2) is 68.5 Å². The molecule has 0 aromatic heterocycles. The van der Waals surface area contributed by atoms with Gasteiger partial charge in [-0.2, -0.15) is 0 Å². The molecule has 0 rings (SSSR count). The van der Waals surface area contributed by atoms with Crippen LogP contribution < -0.4 is 10.2 Å². The van der Waals surface area contributed by atoms with Gasteiger partial charge in [0.2, 0.25) is 5.91 Å². The number of phosphoric acid groups is 1. The number of aliphatic hydroxyl groups excluding tert-OH is 1. The summed E-state index contributed by atoms with van der Waals surface area (Å²) in [6.45, 7) is 4.70. The molecule has 0 saturated heterocycles. The van der Waals surface area contributed by atoms with E-state index in [0.717, 1.165) is 38.5 Å². The van der Waals surface area contributed by atoms with Crippen LogP contribution in [0, 0.1) is 0 Å². The molecule has 0 spiro atoms. The molecule has 0 saturated carbocycles. The van der Waals surface area contributed by atoms with Crippen molar-refractivity contribution in [3.63, 3.8) is 0 Å². The van der Waals surface area contributed by atoms with Gasteiger partial charge in [-0.15, -0.1) is 0 Å². The van der Waals surface area contributed by atoms with Crippen LogP contribution in [-0.2, 0) is 18.4 Å². The van der Waals surface area contributed by atoms with E-state index in [2.05, 4.69) is 19.2 Å². The maximum atomic E-state index is 12.9. The second kappa shape index (κ2) is 46.6. The minimum Gasteiger partial charge on any atom is -0.756 e. The number of nitrogens with zero attached hydrogens (tertiary/aromatic N) is 1. The number of aliphatic hydroxyl groups is 1. The number of hydrogen-bond acceptors (Lipinski definition) is 6. The molecule has 0 heterocycles. The Balaban J connectivity index is 3.76. The van der Waals surface area contributed by atoms with Crippen molar-refractivity contribution in [3.05, 3.63) is 0 Å². The van der Waals surface area contributed by atoms with Gasteiger partial charge in [0.1, 0.15) is 13.2 Å². The van der Waals surface area contributed by atoms with Crippen LogP contribution >= 0.6 is 7.82 Å². The molecule has 1 amide bonds. The molecular formula is C54H111N2O6P. The minimum atomic E-state index is -4.55. The number of quaternary nitrogens is 1. The Hall–Kier alpha value is -0.500. The van der Waals surface area contributed by atoms with Gasteiger partial charge in [-0.25, -0.2) is 0 Å². The molecule has 0 radical (unpaired) electrons. The highest BCUT2D eigenvalue weighted by atomic mass is 31.2. The molecule has 63 heavy (non-hydrogen) atoms. The fourth-order valence-corrected chi connectivity index (χ4v) is 9.41. The molecule has 0 aliphatic heterocycles. The quantitative estimate of drug-likeness (QED) is 0.0357. The Bertz CT molecular complexity index is 994. The Labute approximate surface area is 393 Å². The van der Waals surface area contributed by atoms with Gasteiger partial charge < -0.3 is 28.8 Å². The molecular weight excluding hydrogens is 804 g/mol. The van der Waals surface area contributed by atoms with Crippen LogP contribution in [0.15, 0.2) is 0 Å². The minimum absolute atomic E-state index is 0.0155. The third-order valence-corrected chi connectivity index (χ3v) is 14.1. The molecule has 9 heteroatoms. The summed E-state index contributed by atoms with van der Waals surface area (Å²) in [6, 6.07) is -0.792. The second-order valence-electron chi connectivity index (χ2n) is 20.7. The second-order valence-corrected chi connectivity index (χ2v) is 22.1. The normalized spacial score (nSPS) is 14.0. The average molecular weight is 915 g/mol. The Morgan fingerprint density at radius 3 is 1.08 bits per heavy atom. The van der Waals surface area contributed by atoms with E-state index < -0.39 is 20.0 Å². The van der Waals surface area contributed by atoms with Gasteiger partial charge in [0.15, 0.2) is 0 Å². The van der Waals surface area contributed by atoms with E-state index in [-0.39, 0.29) is 19.1 Å². The summed E-state index contributed by atoms with van der Waals surface area (Å²) in [5.74, 6) is -0.162. The van der Waals surface area contributed by atoms with E-state index in [4.69, 9.17) is 9.05 Å². The summed E-state index contributed by atoms with van der Waals surface area (Å²) in [6.07, 6.45) is 54.8. The molecule has 3 unspecified atom stereocenters. The summed E-state index contributed by atoms with van der Waals surface area (Å²) in [5, 5.41) is 13.8. The van der Waals surface area contributed by atoms with Crippen LogP contribution in [0.25, 0.3) is 0 Å². The van der Waals surface area contributed by atoms with E-state index in [1.54, 1.807) is 0 Å². The molecule has 0 aliphatic rings. The molecule has 0 aromatic rings. The van der Waals surface area contributed by atoms with Gasteiger partial charge >= 0.3 is 0 Å². The lowest BCUT2D eigenvalue weighted by molar-refractivity contribution is -0.870.